The predicted molar refractivity (Wildman–Crippen MR) is 74.2 cm³/mol. The first kappa shape index (κ1) is 12.6. The lowest BCUT2D eigenvalue weighted by Crippen LogP contribution is -2.40. The van der Waals surface area contributed by atoms with Crippen molar-refractivity contribution in [1.82, 2.24) is 10.3 Å². The number of carbonyl (C=O) groups excluding carboxylic acids is 1. The maximum Gasteiger partial charge on any atom is 0.262 e. The van der Waals surface area contributed by atoms with Crippen LogP contribution in [0.5, 0.6) is 0 Å². The van der Waals surface area contributed by atoms with E-state index in [0.29, 0.717) is 4.88 Å². The molecule has 0 bridgehead atoms. The van der Waals surface area contributed by atoms with Crippen molar-refractivity contribution in [3.63, 3.8) is 0 Å². The van der Waals surface area contributed by atoms with Gasteiger partial charge in [0.25, 0.3) is 5.91 Å². The molecule has 2 aromatic heterocycles. The number of thiophene rings is 1. The number of aromatic nitrogens is 1. The first-order chi connectivity index (χ1) is 7.99. The highest BCUT2D eigenvalue weighted by Crippen LogP contribution is 2.24. The lowest BCUT2D eigenvalue weighted by molar-refractivity contribution is 0.0916. The molecule has 2 rings (SSSR count). The molecule has 3 nitrogen and oxygen atoms in total. The minimum Gasteiger partial charge on any atom is -0.340 e. The van der Waals surface area contributed by atoms with Gasteiger partial charge in [0.1, 0.15) is 5.01 Å². The van der Waals surface area contributed by atoms with E-state index in [4.69, 9.17) is 0 Å². The summed E-state index contributed by atoms with van der Waals surface area (Å²) < 4.78 is 0. The van der Waals surface area contributed by atoms with Crippen molar-refractivity contribution in [2.24, 2.45) is 0 Å². The van der Waals surface area contributed by atoms with Crippen LogP contribution in [0.3, 0.4) is 0 Å². The highest BCUT2D eigenvalue weighted by Gasteiger charge is 2.26. The number of amides is 1. The van der Waals surface area contributed by atoms with Crippen molar-refractivity contribution in [2.75, 3.05) is 0 Å². The van der Waals surface area contributed by atoms with Gasteiger partial charge in [-0.3, -0.25) is 4.79 Å². The molecule has 0 saturated carbocycles. The summed E-state index contributed by atoms with van der Waals surface area (Å²) in [5.41, 5.74) is -0.452. The molecular formula is C11H12N2OS3. The third kappa shape index (κ3) is 2.88. The normalized spacial score (nSPS) is 11.5. The van der Waals surface area contributed by atoms with E-state index >= 15 is 0 Å². The van der Waals surface area contributed by atoms with Gasteiger partial charge in [0.15, 0.2) is 0 Å². The molecule has 0 spiro atoms. The predicted octanol–water partition coefficient (Wildman–Crippen LogP) is 3.16. The second-order valence-electron chi connectivity index (χ2n) is 4.09. The maximum absolute atomic E-state index is 12.0. The molecule has 0 atom stereocenters. The molecule has 2 aromatic rings. The minimum atomic E-state index is -0.452. The second-order valence-corrected chi connectivity index (χ2v) is 6.41. The molecule has 0 radical (unpaired) electrons. The van der Waals surface area contributed by atoms with Gasteiger partial charge in [0.05, 0.1) is 10.4 Å². The number of rotatable bonds is 3. The average molecular weight is 284 g/mol. The molecule has 1 amide bonds. The molecule has 0 aliphatic rings. The van der Waals surface area contributed by atoms with Crippen LogP contribution in [0.25, 0.3) is 0 Å². The number of nitrogens with one attached hydrogen (secondary N) is 1. The molecule has 0 saturated heterocycles. The van der Waals surface area contributed by atoms with E-state index in [0.717, 1.165) is 9.90 Å². The fourth-order valence-corrected chi connectivity index (χ4v) is 3.14. The van der Waals surface area contributed by atoms with Gasteiger partial charge in [-0.1, -0.05) is 0 Å². The molecule has 0 aromatic carbocycles. The van der Waals surface area contributed by atoms with E-state index in [1.54, 1.807) is 12.3 Å². The summed E-state index contributed by atoms with van der Waals surface area (Å²) in [6.45, 7) is 3.89. The number of hydrogen-bond acceptors (Lipinski definition) is 5. The Kier molecular flexibility index (Phi) is 3.56. The van der Waals surface area contributed by atoms with Crippen LogP contribution >= 0.6 is 35.3 Å². The van der Waals surface area contributed by atoms with E-state index in [-0.39, 0.29) is 5.91 Å². The van der Waals surface area contributed by atoms with Gasteiger partial charge in [-0.05, 0) is 19.9 Å². The monoisotopic (exact) mass is 284 g/mol. The van der Waals surface area contributed by atoms with Crippen LogP contribution in [0.4, 0.5) is 0 Å². The number of thiol groups is 1. The van der Waals surface area contributed by atoms with Gasteiger partial charge >= 0.3 is 0 Å². The molecule has 90 valence electrons. The van der Waals surface area contributed by atoms with Gasteiger partial charge in [-0.15, -0.1) is 35.3 Å². The highest BCUT2D eigenvalue weighted by molar-refractivity contribution is 7.80. The van der Waals surface area contributed by atoms with E-state index in [1.165, 1.54) is 22.7 Å². The lowest BCUT2D eigenvalue weighted by Gasteiger charge is -2.23. The van der Waals surface area contributed by atoms with Crippen molar-refractivity contribution in [3.8, 4) is 0 Å². The van der Waals surface area contributed by atoms with Gasteiger partial charge in [-0.2, -0.15) is 0 Å². The van der Waals surface area contributed by atoms with Crippen molar-refractivity contribution >= 4 is 41.2 Å². The van der Waals surface area contributed by atoms with Gasteiger partial charge < -0.3 is 5.32 Å². The van der Waals surface area contributed by atoms with Crippen molar-refractivity contribution in [1.29, 1.82) is 0 Å². The average Bonchev–Trinajstić information content (AvgIpc) is 2.86. The Labute approximate surface area is 113 Å². The maximum atomic E-state index is 12.0. The Bertz CT molecular complexity index is 517. The third-order valence-corrected chi connectivity index (χ3v) is 4.66. The Balaban J connectivity index is 2.13. The van der Waals surface area contributed by atoms with Crippen LogP contribution in [0.1, 0.15) is 28.5 Å². The third-order valence-electron chi connectivity index (χ3n) is 2.20. The number of carbonyl (C=O) groups is 1. The van der Waals surface area contributed by atoms with Crippen LogP contribution in [-0.2, 0) is 5.54 Å². The van der Waals surface area contributed by atoms with E-state index in [1.807, 2.05) is 24.6 Å². The van der Waals surface area contributed by atoms with Gasteiger partial charge in [0, 0.05) is 21.9 Å². The molecule has 2 heterocycles. The SMILES string of the molecule is CC(C)(NC(=O)c1cc(S)cs1)c1nccs1. The Hall–Kier alpha value is -0.850. The molecule has 17 heavy (non-hydrogen) atoms. The van der Waals surface area contributed by atoms with E-state index in [9.17, 15) is 4.79 Å². The quantitative estimate of drug-likeness (QED) is 0.850. The molecule has 0 fully saturated rings. The minimum absolute atomic E-state index is 0.0875. The Morgan fingerprint density at radius 2 is 2.24 bits per heavy atom. The zero-order valence-corrected chi connectivity index (χ0v) is 12.0. The van der Waals surface area contributed by atoms with Crippen LogP contribution in [0, 0.1) is 0 Å². The summed E-state index contributed by atoms with van der Waals surface area (Å²) >= 11 is 7.12. The van der Waals surface area contributed by atoms with E-state index < -0.39 is 5.54 Å². The van der Waals surface area contributed by atoms with Crippen molar-refractivity contribution < 1.29 is 4.79 Å². The first-order valence-electron chi connectivity index (χ1n) is 4.99. The van der Waals surface area contributed by atoms with E-state index in [2.05, 4.69) is 22.9 Å². The van der Waals surface area contributed by atoms with Gasteiger partial charge in [0.2, 0.25) is 0 Å². The largest absolute Gasteiger partial charge is 0.340 e. The van der Waals surface area contributed by atoms with Gasteiger partial charge in [-0.25, -0.2) is 4.98 Å². The second kappa shape index (κ2) is 4.80. The zero-order chi connectivity index (χ0) is 12.5. The summed E-state index contributed by atoms with van der Waals surface area (Å²) in [4.78, 5) is 17.7. The summed E-state index contributed by atoms with van der Waals surface area (Å²) in [7, 11) is 0. The van der Waals surface area contributed by atoms with Crippen LogP contribution in [0.15, 0.2) is 27.9 Å². The Morgan fingerprint density at radius 1 is 1.47 bits per heavy atom. The molecule has 0 unspecified atom stereocenters. The van der Waals surface area contributed by atoms with Crippen molar-refractivity contribution in [3.05, 3.63) is 32.9 Å². The highest BCUT2D eigenvalue weighted by atomic mass is 32.1. The van der Waals surface area contributed by atoms with Crippen LogP contribution in [-0.4, -0.2) is 10.9 Å². The fourth-order valence-electron chi connectivity index (χ4n) is 1.38. The summed E-state index contributed by atoms with van der Waals surface area (Å²) in [5, 5.41) is 7.62. The summed E-state index contributed by atoms with van der Waals surface area (Å²) in [6.07, 6.45) is 1.74. The Morgan fingerprint density at radius 3 is 2.76 bits per heavy atom. The summed E-state index contributed by atoms with van der Waals surface area (Å²) in [5.74, 6) is -0.0875. The smallest absolute Gasteiger partial charge is 0.262 e. The molecule has 1 N–H and O–H groups in total. The summed E-state index contributed by atoms with van der Waals surface area (Å²) in [6, 6.07) is 1.76. The molecule has 0 aliphatic carbocycles. The van der Waals surface area contributed by atoms with Crippen molar-refractivity contribution in [2.45, 2.75) is 24.3 Å². The fraction of sp³-hybridized carbons (Fsp3) is 0.273. The lowest BCUT2D eigenvalue weighted by atomic mass is 10.1. The number of nitrogens with zero attached hydrogens (tertiary/aromatic N) is 1. The van der Waals surface area contributed by atoms with Crippen LogP contribution in [0.2, 0.25) is 0 Å². The molecule has 0 aliphatic heterocycles. The molecule has 6 heteroatoms. The zero-order valence-electron chi connectivity index (χ0n) is 9.43. The first-order valence-corrected chi connectivity index (χ1v) is 7.20. The topological polar surface area (TPSA) is 42.0 Å². The molecular weight excluding hydrogens is 272 g/mol. The number of hydrogen-bond donors (Lipinski definition) is 2. The standard InChI is InChI=1S/C11H12N2OS3/c1-11(2,10-12-3-4-16-10)13-9(14)8-5-7(15)6-17-8/h3-6,15H,1-2H3,(H,13,14). The van der Waals surface area contributed by atoms with Crippen LogP contribution < -0.4 is 5.32 Å². The number of thiazole rings is 1.